The molecule has 2 heteroatoms. The lowest BCUT2D eigenvalue weighted by molar-refractivity contribution is 0.240. The number of H-pyrrole nitrogens is 1. The molecule has 0 saturated heterocycles. The molecule has 0 atom stereocenters. The van der Waals surface area contributed by atoms with Gasteiger partial charge in [0.2, 0.25) is 0 Å². The number of benzene rings is 1. The van der Waals surface area contributed by atoms with Gasteiger partial charge in [-0.05, 0) is 30.4 Å². The van der Waals surface area contributed by atoms with Crippen LogP contribution in [0, 0.1) is 5.92 Å². The fourth-order valence-corrected chi connectivity index (χ4v) is 2.60. The number of nitrogens with one attached hydrogen (secondary N) is 2. The third kappa shape index (κ3) is 1.74. The van der Waals surface area contributed by atoms with Gasteiger partial charge in [-0.25, -0.2) is 0 Å². The average molecular weight is 214 g/mol. The summed E-state index contributed by atoms with van der Waals surface area (Å²) in [5.41, 5.74) is 2.62. The van der Waals surface area contributed by atoms with Crippen molar-refractivity contribution in [2.75, 3.05) is 0 Å². The fourth-order valence-electron chi connectivity index (χ4n) is 2.60. The third-order valence-corrected chi connectivity index (χ3v) is 3.63. The van der Waals surface area contributed by atoms with Gasteiger partial charge < -0.3 is 10.3 Å². The van der Waals surface area contributed by atoms with Gasteiger partial charge in [0.1, 0.15) is 0 Å². The molecule has 0 amide bonds. The normalized spacial score (nSPS) is 24.6. The highest BCUT2D eigenvalue weighted by molar-refractivity contribution is 5.82. The van der Waals surface area contributed by atoms with E-state index in [-0.39, 0.29) is 0 Å². The van der Waals surface area contributed by atoms with Crippen LogP contribution in [0.5, 0.6) is 0 Å². The van der Waals surface area contributed by atoms with Gasteiger partial charge in [-0.15, -0.1) is 0 Å². The second-order valence-electron chi connectivity index (χ2n) is 5.01. The van der Waals surface area contributed by atoms with Crippen LogP contribution in [0.15, 0.2) is 30.5 Å². The Hall–Kier alpha value is -1.28. The molecule has 1 fully saturated rings. The molecule has 84 valence electrons. The summed E-state index contributed by atoms with van der Waals surface area (Å²) >= 11 is 0. The molecule has 1 heterocycles. The van der Waals surface area contributed by atoms with E-state index in [2.05, 4.69) is 47.7 Å². The molecule has 2 N–H and O–H groups in total. The summed E-state index contributed by atoms with van der Waals surface area (Å²) < 4.78 is 0. The van der Waals surface area contributed by atoms with Gasteiger partial charge in [0.05, 0.1) is 0 Å². The van der Waals surface area contributed by atoms with Crippen LogP contribution in [0.2, 0.25) is 0 Å². The van der Waals surface area contributed by atoms with Crippen molar-refractivity contribution in [1.82, 2.24) is 10.3 Å². The van der Waals surface area contributed by atoms with Crippen molar-refractivity contribution < 1.29 is 0 Å². The first kappa shape index (κ1) is 9.91. The van der Waals surface area contributed by atoms with Gasteiger partial charge >= 0.3 is 0 Å². The number of rotatable bonds is 3. The van der Waals surface area contributed by atoms with Gasteiger partial charge in [0.15, 0.2) is 0 Å². The van der Waals surface area contributed by atoms with Crippen molar-refractivity contribution in [2.45, 2.75) is 32.4 Å². The van der Waals surface area contributed by atoms with Crippen LogP contribution < -0.4 is 5.32 Å². The predicted molar refractivity (Wildman–Crippen MR) is 67.3 cm³/mol. The van der Waals surface area contributed by atoms with Crippen LogP contribution in [-0.4, -0.2) is 11.0 Å². The maximum atomic E-state index is 3.62. The first-order valence-electron chi connectivity index (χ1n) is 6.11. The van der Waals surface area contributed by atoms with Crippen LogP contribution in [0.4, 0.5) is 0 Å². The van der Waals surface area contributed by atoms with E-state index in [1.807, 2.05) is 0 Å². The number of para-hydroxylation sites is 1. The zero-order valence-electron chi connectivity index (χ0n) is 9.66. The van der Waals surface area contributed by atoms with Crippen LogP contribution in [0.3, 0.4) is 0 Å². The second kappa shape index (κ2) is 3.95. The van der Waals surface area contributed by atoms with Crippen molar-refractivity contribution >= 4 is 10.9 Å². The molecule has 1 aromatic heterocycles. The van der Waals surface area contributed by atoms with E-state index in [4.69, 9.17) is 0 Å². The molecule has 0 bridgehead atoms. The molecule has 0 aliphatic heterocycles. The standard InChI is InChI=1S/C14H18N2/c1-10-6-12(7-10)15-8-11-9-16-14-5-3-2-4-13(11)14/h2-5,9-10,12,15-16H,6-8H2,1H3. The maximum absolute atomic E-state index is 3.62. The lowest BCUT2D eigenvalue weighted by Crippen LogP contribution is -2.39. The molecule has 2 aromatic rings. The van der Waals surface area contributed by atoms with E-state index in [1.54, 1.807) is 0 Å². The zero-order valence-corrected chi connectivity index (χ0v) is 9.66. The predicted octanol–water partition coefficient (Wildman–Crippen LogP) is 3.06. The largest absolute Gasteiger partial charge is 0.361 e. The molecule has 3 rings (SSSR count). The summed E-state index contributed by atoms with van der Waals surface area (Å²) in [7, 11) is 0. The Morgan fingerprint density at radius 3 is 2.94 bits per heavy atom. The maximum Gasteiger partial charge on any atom is 0.0457 e. The average Bonchev–Trinajstić information content (AvgIpc) is 2.66. The Morgan fingerprint density at radius 2 is 2.12 bits per heavy atom. The van der Waals surface area contributed by atoms with Gasteiger partial charge in [0, 0.05) is 29.7 Å². The topological polar surface area (TPSA) is 27.8 Å². The Kier molecular flexibility index (Phi) is 2.44. The minimum Gasteiger partial charge on any atom is -0.361 e. The number of fused-ring (bicyclic) bond motifs is 1. The molecule has 0 spiro atoms. The van der Waals surface area contributed by atoms with E-state index in [9.17, 15) is 0 Å². The van der Waals surface area contributed by atoms with Gasteiger partial charge in [-0.2, -0.15) is 0 Å². The first-order valence-corrected chi connectivity index (χ1v) is 6.11. The molecule has 0 unspecified atom stereocenters. The molecule has 2 nitrogen and oxygen atoms in total. The smallest absolute Gasteiger partial charge is 0.0457 e. The van der Waals surface area contributed by atoms with Crippen molar-refractivity contribution in [1.29, 1.82) is 0 Å². The second-order valence-corrected chi connectivity index (χ2v) is 5.01. The fraction of sp³-hybridized carbons (Fsp3) is 0.429. The van der Waals surface area contributed by atoms with Gasteiger partial charge in [-0.1, -0.05) is 25.1 Å². The van der Waals surface area contributed by atoms with Gasteiger partial charge in [0.25, 0.3) is 0 Å². The van der Waals surface area contributed by atoms with Crippen LogP contribution in [0.25, 0.3) is 10.9 Å². The monoisotopic (exact) mass is 214 g/mol. The van der Waals surface area contributed by atoms with E-state index in [0.717, 1.165) is 18.5 Å². The molecule has 1 saturated carbocycles. The first-order chi connectivity index (χ1) is 7.83. The molecule has 1 aliphatic carbocycles. The molecule has 0 radical (unpaired) electrons. The number of aromatic amines is 1. The van der Waals surface area contributed by atoms with Crippen LogP contribution in [-0.2, 0) is 6.54 Å². The lowest BCUT2D eigenvalue weighted by atomic mass is 9.82. The van der Waals surface area contributed by atoms with E-state index >= 15 is 0 Å². The van der Waals surface area contributed by atoms with E-state index < -0.39 is 0 Å². The molecule has 16 heavy (non-hydrogen) atoms. The molecular weight excluding hydrogens is 196 g/mol. The van der Waals surface area contributed by atoms with Crippen LogP contribution >= 0.6 is 0 Å². The highest BCUT2D eigenvalue weighted by atomic mass is 14.9. The minimum absolute atomic E-state index is 0.740. The van der Waals surface area contributed by atoms with Crippen molar-refractivity contribution in [3.8, 4) is 0 Å². The minimum atomic E-state index is 0.740. The van der Waals surface area contributed by atoms with E-state index in [1.165, 1.54) is 29.3 Å². The quantitative estimate of drug-likeness (QED) is 0.807. The Labute approximate surface area is 96.1 Å². The van der Waals surface area contributed by atoms with Gasteiger partial charge in [-0.3, -0.25) is 0 Å². The molecule has 1 aromatic carbocycles. The Bertz CT molecular complexity index is 480. The number of aromatic nitrogens is 1. The van der Waals surface area contributed by atoms with Crippen molar-refractivity contribution in [2.24, 2.45) is 5.92 Å². The number of hydrogen-bond donors (Lipinski definition) is 2. The SMILES string of the molecule is CC1CC(NCc2c[nH]c3ccccc23)C1. The lowest BCUT2D eigenvalue weighted by Gasteiger charge is -2.33. The molecular formula is C14H18N2. The summed E-state index contributed by atoms with van der Waals surface area (Å²) in [5, 5.41) is 4.97. The third-order valence-electron chi connectivity index (χ3n) is 3.63. The Balaban J connectivity index is 1.70. The highest BCUT2D eigenvalue weighted by Crippen LogP contribution is 2.27. The number of hydrogen-bond acceptors (Lipinski definition) is 1. The van der Waals surface area contributed by atoms with Crippen molar-refractivity contribution in [3.63, 3.8) is 0 Å². The summed E-state index contributed by atoms with van der Waals surface area (Å²) in [6.07, 6.45) is 4.80. The summed E-state index contributed by atoms with van der Waals surface area (Å²) in [6, 6.07) is 9.23. The summed E-state index contributed by atoms with van der Waals surface area (Å²) in [6.45, 7) is 3.31. The Morgan fingerprint density at radius 1 is 1.31 bits per heavy atom. The zero-order chi connectivity index (χ0) is 11.0. The molecule has 1 aliphatic rings. The van der Waals surface area contributed by atoms with Crippen molar-refractivity contribution in [3.05, 3.63) is 36.0 Å². The van der Waals surface area contributed by atoms with Crippen LogP contribution in [0.1, 0.15) is 25.3 Å². The summed E-state index contributed by atoms with van der Waals surface area (Å²) in [4.78, 5) is 3.32. The van der Waals surface area contributed by atoms with E-state index in [0.29, 0.717) is 0 Å². The highest BCUT2D eigenvalue weighted by Gasteiger charge is 2.24. The summed E-state index contributed by atoms with van der Waals surface area (Å²) in [5.74, 6) is 0.917.